The molecular weight excluding hydrogens is 326 g/mol. The van der Waals surface area contributed by atoms with E-state index in [1.807, 2.05) is 26.8 Å². The molecular formula is C18H23NO4S. The number of hydrogen-bond donors (Lipinski definition) is 1. The number of benzene rings is 2. The molecule has 0 aliphatic heterocycles. The van der Waals surface area contributed by atoms with Crippen LogP contribution in [0.1, 0.15) is 25.0 Å². The Morgan fingerprint density at radius 3 is 2.29 bits per heavy atom. The van der Waals surface area contributed by atoms with Crippen LogP contribution in [0.4, 0.5) is 0 Å². The molecule has 0 heterocycles. The molecule has 2 aromatic rings. The molecule has 5 nitrogen and oxygen atoms in total. The minimum atomic E-state index is -3.55. The van der Waals surface area contributed by atoms with Crippen molar-refractivity contribution in [3.05, 3.63) is 53.6 Å². The number of sulfonamides is 1. The molecule has 0 aromatic heterocycles. The highest BCUT2D eigenvalue weighted by Gasteiger charge is 2.14. The summed E-state index contributed by atoms with van der Waals surface area (Å²) < 4.78 is 38.2. The molecule has 0 radical (unpaired) electrons. The van der Waals surface area contributed by atoms with E-state index in [4.69, 9.17) is 9.47 Å². The van der Waals surface area contributed by atoms with Crippen molar-refractivity contribution in [2.75, 3.05) is 7.11 Å². The van der Waals surface area contributed by atoms with E-state index in [0.29, 0.717) is 11.5 Å². The van der Waals surface area contributed by atoms with Gasteiger partial charge in [0.15, 0.2) is 11.5 Å². The molecule has 6 heteroatoms. The van der Waals surface area contributed by atoms with Crippen molar-refractivity contribution in [2.45, 2.75) is 38.3 Å². The van der Waals surface area contributed by atoms with E-state index in [1.54, 1.807) is 43.5 Å². The lowest BCUT2D eigenvalue weighted by Gasteiger charge is -2.15. The molecule has 0 spiro atoms. The Labute approximate surface area is 143 Å². The highest BCUT2D eigenvalue weighted by atomic mass is 32.2. The number of rotatable bonds is 7. The molecule has 2 aromatic carbocycles. The van der Waals surface area contributed by atoms with Gasteiger partial charge in [0.1, 0.15) is 0 Å². The van der Waals surface area contributed by atoms with Crippen LogP contribution in [0.15, 0.2) is 47.4 Å². The van der Waals surface area contributed by atoms with E-state index in [9.17, 15) is 8.42 Å². The van der Waals surface area contributed by atoms with Crippen LogP contribution in [-0.2, 0) is 16.6 Å². The van der Waals surface area contributed by atoms with Crippen LogP contribution in [0.25, 0.3) is 0 Å². The first-order chi connectivity index (χ1) is 11.3. The molecule has 0 atom stereocenters. The van der Waals surface area contributed by atoms with Crippen molar-refractivity contribution in [2.24, 2.45) is 0 Å². The minimum Gasteiger partial charge on any atom is -0.493 e. The van der Waals surface area contributed by atoms with Gasteiger partial charge in [0.05, 0.1) is 18.1 Å². The fourth-order valence-electron chi connectivity index (χ4n) is 2.15. The molecule has 0 fully saturated rings. The van der Waals surface area contributed by atoms with Gasteiger partial charge in [-0.05, 0) is 50.6 Å². The zero-order valence-electron chi connectivity index (χ0n) is 14.4. The third-order valence-electron chi connectivity index (χ3n) is 3.39. The molecule has 0 unspecified atom stereocenters. The van der Waals surface area contributed by atoms with Crippen LogP contribution in [0, 0.1) is 6.92 Å². The maximum Gasteiger partial charge on any atom is 0.240 e. The van der Waals surface area contributed by atoms with E-state index in [-0.39, 0.29) is 17.5 Å². The fraction of sp³-hybridized carbons (Fsp3) is 0.333. The van der Waals surface area contributed by atoms with Gasteiger partial charge in [-0.25, -0.2) is 13.1 Å². The lowest BCUT2D eigenvalue weighted by molar-refractivity contribution is 0.230. The van der Waals surface area contributed by atoms with Gasteiger partial charge in [0.2, 0.25) is 10.0 Å². The summed E-state index contributed by atoms with van der Waals surface area (Å²) in [7, 11) is -1.99. The Balaban J connectivity index is 2.12. The van der Waals surface area contributed by atoms with Crippen LogP contribution in [0.5, 0.6) is 11.5 Å². The smallest absolute Gasteiger partial charge is 0.240 e. The van der Waals surface area contributed by atoms with Crippen LogP contribution in [0.3, 0.4) is 0 Å². The van der Waals surface area contributed by atoms with Gasteiger partial charge in [-0.15, -0.1) is 0 Å². The summed E-state index contributed by atoms with van der Waals surface area (Å²) >= 11 is 0. The molecule has 0 saturated heterocycles. The standard InChI is InChI=1S/C18H23NO4S/c1-13(2)23-17-10-7-15(11-18(17)22-4)12-19-24(20,21)16-8-5-14(3)6-9-16/h5-11,13,19H,12H2,1-4H3. The summed E-state index contributed by atoms with van der Waals surface area (Å²) in [6, 6.07) is 12.1. The monoisotopic (exact) mass is 349 g/mol. The molecule has 24 heavy (non-hydrogen) atoms. The van der Waals surface area contributed by atoms with E-state index in [2.05, 4.69) is 4.72 Å². The summed E-state index contributed by atoms with van der Waals surface area (Å²) in [5.74, 6) is 1.22. The second-order valence-electron chi connectivity index (χ2n) is 5.79. The molecule has 130 valence electrons. The number of hydrogen-bond acceptors (Lipinski definition) is 4. The van der Waals surface area contributed by atoms with E-state index >= 15 is 0 Å². The van der Waals surface area contributed by atoms with Crippen LogP contribution >= 0.6 is 0 Å². The van der Waals surface area contributed by atoms with Gasteiger partial charge in [0.25, 0.3) is 0 Å². The van der Waals surface area contributed by atoms with E-state index < -0.39 is 10.0 Å². The van der Waals surface area contributed by atoms with Crippen molar-refractivity contribution < 1.29 is 17.9 Å². The fourth-order valence-corrected chi connectivity index (χ4v) is 3.17. The maximum atomic E-state index is 12.3. The Kier molecular flexibility index (Phi) is 5.85. The average molecular weight is 349 g/mol. The summed E-state index contributed by atoms with van der Waals surface area (Å²) in [6.07, 6.45) is 0.0322. The van der Waals surface area contributed by atoms with Crippen molar-refractivity contribution in [1.29, 1.82) is 0 Å². The first kappa shape index (κ1) is 18.3. The third kappa shape index (κ3) is 4.72. The van der Waals surface area contributed by atoms with Gasteiger partial charge in [0, 0.05) is 6.54 Å². The predicted molar refractivity (Wildman–Crippen MR) is 94.0 cm³/mol. The Hall–Kier alpha value is -2.05. The average Bonchev–Trinajstić information content (AvgIpc) is 2.54. The lowest BCUT2D eigenvalue weighted by atomic mass is 10.2. The second kappa shape index (κ2) is 7.68. The largest absolute Gasteiger partial charge is 0.493 e. The lowest BCUT2D eigenvalue weighted by Crippen LogP contribution is -2.23. The van der Waals surface area contributed by atoms with Crippen molar-refractivity contribution in [3.63, 3.8) is 0 Å². The van der Waals surface area contributed by atoms with Gasteiger partial charge in [-0.1, -0.05) is 23.8 Å². The molecule has 0 bridgehead atoms. The summed E-state index contributed by atoms with van der Waals surface area (Å²) in [4.78, 5) is 0.250. The topological polar surface area (TPSA) is 64.6 Å². The summed E-state index contributed by atoms with van der Waals surface area (Å²) in [6.45, 7) is 5.96. The van der Waals surface area contributed by atoms with Gasteiger partial charge in [-0.3, -0.25) is 0 Å². The first-order valence-electron chi connectivity index (χ1n) is 7.71. The SMILES string of the molecule is COc1cc(CNS(=O)(=O)c2ccc(C)cc2)ccc1OC(C)C. The van der Waals surface area contributed by atoms with E-state index in [0.717, 1.165) is 11.1 Å². The Morgan fingerprint density at radius 2 is 1.71 bits per heavy atom. The van der Waals surface area contributed by atoms with Crippen LogP contribution in [0.2, 0.25) is 0 Å². The van der Waals surface area contributed by atoms with Crippen molar-refractivity contribution in [1.82, 2.24) is 4.72 Å². The third-order valence-corrected chi connectivity index (χ3v) is 4.81. The number of nitrogens with one attached hydrogen (secondary N) is 1. The Bertz CT molecular complexity index is 783. The summed E-state index contributed by atoms with van der Waals surface area (Å²) in [5.41, 5.74) is 1.80. The maximum absolute atomic E-state index is 12.3. The predicted octanol–water partition coefficient (Wildman–Crippen LogP) is 3.27. The van der Waals surface area contributed by atoms with Crippen LogP contribution in [-0.4, -0.2) is 21.6 Å². The normalized spacial score (nSPS) is 11.5. The number of methoxy groups -OCH3 is 1. The number of aryl methyl sites for hydroxylation is 1. The molecule has 0 saturated carbocycles. The molecule has 0 amide bonds. The first-order valence-corrected chi connectivity index (χ1v) is 9.20. The zero-order chi connectivity index (χ0) is 17.7. The summed E-state index contributed by atoms with van der Waals surface area (Å²) in [5, 5.41) is 0. The minimum absolute atomic E-state index is 0.0322. The molecule has 0 aliphatic rings. The van der Waals surface area contributed by atoms with Gasteiger partial charge >= 0.3 is 0 Å². The quantitative estimate of drug-likeness (QED) is 0.833. The molecule has 1 N–H and O–H groups in total. The van der Waals surface area contributed by atoms with Crippen LogP contribution < -0.4 is 14.2 Å². The second-order valence-corrected chi connectivity index (χ2v) is 7.56. The number of ether oxygens (including phenoxy) is 2. The zero-order valence-corrected chi connectivity index (χ0v) is 15.2. The van der Waals surface area contributed by atoms with Crippen molar-refractivity contribution in [3.8, 4) is 11.5 Å². The van der Waals surface area contributed by atoms with E-state index in [1.165, 1.54) is 0 Å². The highest BCUT2D eigenvalue weighted by molar-refractivity contribution is 7.89. The highest BCUT2D eigenvalue weighted by Crippen LogP contribution is 2.29. The molecule has 2 rings (SSSR count). The van der Waals surface area contributed by atoms with Gasteiger partial charge < -0.3 is 9.47 Å². The Morgan fingerprint density at radius 1 is 1.04 bits per heavy atom. The molecule has 0 aliphatic carbocycles. The van der Waals surface area contributed by atoms with Gasteiger partial charge in [-0.2, -0.15) is 0 Å². The van der Waals surface area contributed by atoms with Crippen molar-refractivity contribution >= 4 is 10.0 Å².